The lowest BCUT2D eigenvalue weighted by Crippen LogP contribution is -2.14. The van der Waals surface area contributed by atoms with E-state index in [0.29, 0.717) is 11.3 Å². The van der Waals surface area contributed by atoms with Gasteiger partial charge in [-0.15, -0.1) is 0 Å². The molecular weight excluding hydrogens is 350 g/mol. The number of nitrogens with zero attached hydrogens (tertiary/aromatic N) is 2. The first-order valence-electron chi connectivity index (χ1n) is 9.01. The molecule has 5 heteroatoms. The van der Waals surface area contributed by atoms with Gasteiger partial charge in [-0.05, 0) is 43.3 Å². The maximum absolute atomic E-state index is 12.7. The standard InChI is InChI=1S/C23H19N3O2/c1-16-21(26-20-13-7-6-12-19(20)24-16)15-28-22-14-8-5-11-18(22)23(27)25-17-9-3-2-4-10-17/h2-14H,15H2,1H3,(H,25,27). The highest BCUT2D eigenvalue weighted by Crippen LogP contribution is 2.22. The van der Waals surface area contributed by atoms with Crippen LogP contribution in [0.1, 0.15) is 21.7 Å². The van der Waals surface area contributed by atoms with E-state index < -0.39 is 0 Å². The molecule has 1 N–H and O–H groups in total. The fraction of sp³-hybridized carbons (Fsp3) is 0.0870. The normalized spacial score (nSPS) is 10.6. The summed E-state index contributed by atoms with van der Waals surface area (Å²) < 4.78 is 5.95. The average Bonchev–Trinajstić information content (AvgIpc) is 2.73. The topological polar surface area (TPSA) is 64.1 Å². The molecule has 0 bridgehead atoms. The van der Waals surface area contributed by atoms with Crippen LogP contribution in [-0.2, 0) is 6.61 Å². The van der Waals surface area contributed by atoms with Crippen molar-refractivity contribution in [2.45, 2.75) is 13.5 Å². The van der Waals surface area contributed by atoms with Crippen LogP contribution in [0.25, 0.3) is 11.0 Å². The molecule has 1 heterocycles. The summed E-state index contributed by atoms with van der Waals surface area (Å²) in [7, 11) is 0. The van der Waals surface area contributed by atoms with Crippen LogP contribution in [0, 0.1) is 6.92 Å². The first kappa shape index (κ1) is 17.7. The fourth-order valence-corrected chi connectivity index (χ4v) is 2.91. The SMILES string of the molecule is Cc1nc2ccccc2nc1COc1ccccc1C(=O)Nc1ccccc1. The van der Waals surface area contributed by atoms with E-state index in [1.54, 1.807) is 12.1 Å². The number of nitrogens with one attached hydrogen (secondary N) is 1. The third kappa shape index (κ3) is 3.83. The molecule has 5 nitrogen and oxygen atoms in total. The molecule has 1 aromatic heterocycles. The van der Waals surface area contributed by atoms with E-state index in [1.807, 2.05) is 73.7 Å². The minimum absolute atomic E-state index is 0.219. The highest BCUT2D eigenvalue weighted by molar-refractivity contribution is 6.06. The van der Waals surface area contributed by atoms with Gasteiger partial charge in [0, 0.05) is 5.69 Å². The summed E-state index contributed by atoms with van der Waals surface area (Å²) in [5.41, 5.74) is 4.44. The molecular formula is C23H19N3O2. The summed E-state index contributed by atoms with van der Waals surface area (Å²) in [5, 5.41) is 2.89. The van der Waals surface area contributed by atoms with Gasteiger partial charge in [0.05, 0.1) is 28.0 Å². The molecule has 0 aliphatic carbocycles. The predicted molar refractivity (Wildman–Crippen MR) is 109 cm³/mol. The number of aromatic nitrogens is 2. The number of carbonyl (C=O) groups is 1. The van der Waals surface area contributed by atoms with E-state index in [9.17, 15) is 4.79 Å². The van der Waals surface area contributed by atoms with Crippen molar-refractivity contribution in [3.05, 3.63) is 95.8 Å². The molecule has 138 valence electrons. The molecule has 0 unspecified atom stereocenters. The lowest BCUT2D eigenvalue weighted by atomic mass is 10.2. The van der Waals surface area contributed by atoms with Crippen LogP contribution in [0.3, 0.4) is 0 Å². The molecule has 0 aliphatic heterocycles. The van der Waals surface area contributed by atoms with Crippen LogP contribution in [0.15, 0.2) is 78.9 Å². The maximum Gasteiger partial charge on any atom is 0.259 e. The minimum Gasteiger partial charge on any atom is -0.486 e. The van der Waals surface area contributed by atoms with Gasteiger partial charge in [0.2, 0.25) is 0 Å². The highest BCUT2D eigenvalue weighted by atomic mass is 16.5. The molecule has 0 atom stereocenters. The van der Waals surface area contributed by atoms with Gasteiger partial charge >= 0.3 is 0 Å². The predicted octanol–water partition coefficient (Wildman–Crippen LogP) is 4.77. The third-order valence-electron chi connectivity index (χ3n) is 4.37. The van der Waals surface area contributed by atoms with Crippen molar-refractivity contribution in [3.8, 4) is 5.75 Å². The van der Waals surface area contributed by atoms with Crippen LogP contribution in [0.4, 0.5) is 5.69 Å². The number of anilines is 1. The largest absolute Gasteiger partial charge is 0.486 e. The van der Waals surface area contributed by atoms with E-state index in [4.69, 9.17) is 4.74 Å². The first-order valence-corrected chi connectivity index (χ1v) is 9.01. The second-order valence-corrected chi connectivity index (χ2v) is 6.35. The summed E-state index contributed by atoms with van der Waals surface area (Å²) in [5.74, 6) is 0.286. The van der Waals surface area contributed by atoms with Gasteiger partial charge in [0.15, 0.2) is 0 Å². The van der Waals surface area contributed by atoms with Gasteiger partial charge < -0.3 is 10.1 Å². The van der Waals surface area contributed by atoms with Crippen molar-refractivity contribution >= 4 is 22.6 Å². The van der Waals surface area contributed by atoms with Gasteiger partial charge in [0.1, 0.15) is 12.4 Å². The van der Waals surface area contributed by atoms with Crippen molar-refractivity contribution in [3.63, 3.8) is 0 Å². The minimum atomic E-state index is -0.219. The van der Waals surface area contributed by atoms with Gasteiger partial charge in [-0.25, -0.2) is 9.97 Å². The molecule has 0 fully saturated rings. The first-order chi connectivity index (χ1) is 13.7. The van der Waals surface area contributed by atoms with Crippen molar-refractivity contribution < 1.29 is 9.53 Å². The van der Waals surface area contributed by atoms with E-state index in [-0.39, 0.29) is 12.5 Å². The number of hydrogen-bond acceptors (Lipinski definition) is 4. The number of ether oxygens (including phenoxy) is 1. The Morgan fingerprint density at radius 1 is 0.857 bits per heavy atom. The molecule has 0 saturated carbocycles. The monoisotopic (exact) mass is 369 g/mol. The van der Waals surface area contributed by atoms with E-state index in [1.165, 1.54) is 0 Å². The molecule has 0 spiro atoms. The zero-order valence-electron chi connectivity index (χ0n) is 15.4. The van der Waals surface area contributed by atoms with Crippen LogP contribution >= 0.6 is 0 Å². The number of fused-ring (bicyclic) bond motifs is 1. The Kier molecular flexibility index (Phi) is 4.97. The molecule has 0 saturated heterocycles. The Morgan fingerprint density at radius 2 is 1.50 bits per heavy atom. The number of amides is 1. The van der Waals surface area contributed by atoms with Gasteiger partial charge in [-0.1, -0.05) is 42.5 Å². The number of aryl methyl sites for hydroxylation is 1. The van der Waals surface area contributed by atoms with Gasteiger partial charge in [-0.3, -0.25) is 4.79 Å². The Bertz CT molecular complexity index is 1130. The van der Waals surface area contributed by atoms with E-state index in [0.717, 1.165) is 28.1 Å². The third-order valence-corrected chi connectivity index (χ3v) is 4.37. The smallest absolute Gasteiger partial charge is 0.259 e. The summed E-state index contributed by atoms with van der Waals surface area (Å²) in [6.45, 7) is 2.14. The Balaban J connectivity index is 1.54. The second-order valence-electron chi connectivity index (χ2n) is 6.35. The quantitative estimate of drug-likeness (QED) is 0.550. The molecule has 3 aromatic carbocycles. The molecule has 0 radical (unpaired) electrons. The Morgan fingerprint density at radius 3 is 2.29 bits per heavy atom. The lowest BCUT2D eigenvalue weighted by molar-refractivity contribution is 0.102. The Labute approximate surface area is 163 Å². The number of rotatable bonds is 5. The van der Waals surface area contributed by atoms with E-state index >= 15 is 0 Å². The molecule has 4 rings (SSSR count). The fourth-order valence-electron chi connectivity index (χ4n) is 2.91. The zero-order valence-corrected chi connectivity index (χ0v) is 15.4. The number of hydrogen-bond donors (Lipinski definition) is 1. The number of para-hydroxylation sites is 4. The highest BCUT2D eigenvalue weighted by Gasteiger charge is 2.13. The van der Waals surface area contributed by atoms with Gasteiger partial charge in [0.25, 0.3) is 5.91 Å². The Hall–Kier alpha value is -3.73. The summed E-state index contributed by atoms with van der Waals surface area (Å²) >= 11 is 0. The summed E-state index contributed by atoms with van der Waals surface area (Å²) in [6, 6.07) is 24.2. The van der Waals surface area contributed by atoms with Crippen molar-refractivity contribution in [2.24, 2.45) is 0 Å². The molecule has 1 amide bonds. The molecule has 4 aromatic rings. The second kappa shape index (κ2) is 7.88. The molecule has 0 aliphatic rings. The van der Waals surface area contributed by atoms with Gasteiger partial charge in [-0.2, -0.15) is 0 Å². The van der Waals surface area contributed by atoms with Crippen molar-refractivity contribution in [1.82, 2.24) is 9.97 Å². The van der Waals surface area contributed by atoms with Crippen LogP contribution < -0.4 is 10.1 Å². The number of carbonyl (C=O) groups excluding carboxylic acids is 1. The maximum atomic E-state index is 12.7. The molecule has 28 heavy (non-hydrogen) atoms. The summed E-state index contributed by atoms with van der Waals surface area (Å²) in [4.78, 5) is 21.9. The number of benzene rings is 3. The lowest BCUT2D eigenvalue weighted by Gasteiger charge is -2.13. The zero-order chi connectivity index (χ0) is 19.3. The van der Waals surface area contributed by atoms with Crippen molar-refractivity contribution in [2.75, 3.05) is 5.32 Å². The average molecular weight is 369 g/mol. The summed E-state index contributed by atoms with van der Waals surface area (Å²) in [6.07, 6.45) is 0. The van der Waals surface area contributed by atoms with Crippen LogP contribution in [0.2, 0.25) is 0 Å². The van der Waals surface area contributed by atoms with Crippen LogP contribution in [-0.4, -0.2) is 15.9 Å². The van der Waals surface area contributed by atoms with Crippen molar-refractivity contribution in [1.29, 1.82) is 0 Å². The van der Waals surface area contributed by atoms with E-state index in [2.05, 4.69) is 15.3 Å². The van der Waals surface area contributed by atoms with Crippen LogP contribution in [0.5, 0.6) is 5.75 Å².